The van der Waals surface area contributed by atoms with E-state index in [-0.39, 0.29) is 11.3 Å². The summed E-state index contributed by atoms with van der Waals surface area (Å²) in [6, 6.07) is 5.66. The van der Waals surface area contributed by atoms with Crippen molar-refractivity contribution in [1.29, 1.82) is 0 Å². The van der Waals surface area contributed by atoms with E-state index in [9.17, 15) is 13.2 Å². The highest BCUT2D eigenvalue weighted by atomic mass is 32.2. The molecule has 0 amide bonds. The molecule has 6 heteroatoms. The fourth-order valence-corrected chi connectivity index (χ4v) is 1.67. The van der Waals surface area contributed by atoms with Crippen LogP contribution in [0.25, 0.3) is 0 Å². The molecule has 0 heterocycles. The number of aromatic carboxylic acids is 1. The van der Waals surface area contributed by atoms with Crippen LogP contribution in [-0.4, -0.2) is 19.5 Å². The van der Waals surface area contributed by atoms with Crippen molar-refractivity contribution in [2.75, 3.05) is 0 Å². The summed E-state index contributed by atoms with van der Waals surface area (Å²) >= 11 is 0. The molecule has 1 aromatic carbocycles. The molecule has 76 valence electrons. The zero-order valence-corrected chi connectivity index (χ0v) is 7.99. The molecule has 0 bridgehead atoms. The number of sulfonamides is 1. The first-order valence-electron chi connectivity index (χ1n) is 3.71. The number of carbonyl (C=O) groups is 1. The molecular weight excluding hydrogens is 206 g/mol. The van der Waals surface area contributed by atoms with Crippen LogP contribution in [-0.2, 0) is 15.8 Å². The molecule has 1 rings (SSSR count). The molecule has 0 spiro atoms. The zero-order chi connectivity index (χ0) is 10.8. The highest BCUT2D eigenvalue weighted by Gasteiger charge is 2.07. The van der Waals surface area contributed by atoms with Gasteiger partial charge in [0.05, 0.1) is 11.3 Å². The molecule has 0 aliphatic carbocycles. The second-order valence-electron chi connectivity index (χ2n) is 2.81. The summed E-state index contributed by atoms with van der Waals surface area (Å²) in [5.41, 5.74) is 0.415. The molecule has 0 aromatic heterocycles. The molecule has 0 saturated carbocycles. The van der Waals surface area contributed by atoms with Gasteiger partial charge < -0.3 is 5.11 Å². The average Bonchev–Trinajstić information content (AvgIpc) is 2.01. The number of hydrogen-bond donors (Lipinski definition) is 2. The maximum Gasteiger partial charge on any atom is 0.335 e. The lowest BCUT2D eigenvalue weighted by Gasteiger charge is -2.00. The Labute approximate surface area is 81.2 Å². The van der Waals surface area contributed by atoms with Crippen molar-refractivity contribution in [1.82, 2.24) is 0 Å². The largest absolute Gasteiger partial charge is 0.478 e. The maximum atomic E-state index is 10.7. The van der Waals surface area contributed by atoms with Crippen molar-refractivity contribution >= 4 is 16.0 Å². The van der Waals surface area contributed by atoms with Crippen molar-refractivity contribution < 1.29 is 18.3 Å². The normalized spacial score (nSPS) is 11.2. The summed E-state index contributed by atoms with van der Waals surface area (Å²) in [6.45, 7) is 0. The molecule has 0 fully saturated rings. The Morgan fingerprint density at radius 2 is 2.07 bits per heavy atom. The van der Waals surface area contributed by atoms with Crippen LogP contribution in [0, 0.1) is 0 Å². The minimum absolute atomic E-state index is 0.0474. The Morgan fingerprint density at radius 3 is 2.57 bits per heavy atom. The van der Waals surface area contributed by atoms with Gasteiger partial charge in [0.1, 0.15) is 0 Å². The van der Waals surface area contributed by atoms with E-state index in [2.05, 4.69) is 0 Å². The fraction of sp³-hybridized carbons (Fsp3) is 0.125. The van der Waals surface area contributed by atoms with Gasteiger partial charge in [-0.1, -0.05) is 12.1 Å². The summed E-state index contributed by atoms with van der Waals surface area (Å²) in [6.07, 6.45) is 0. The third kappa shape index (κ3) is 3.15. The van der Waals surface area contributed by atoms with E-state index >= 15 is 0 Å². The molecule has 1 aromatic rings. The summed E-state index contributed by atoms with van der Waals surface area (Å²) in [7, 11) is -3.61. The Bertz CT molecular complexity index is 452. The highest BCUT2D eigenvalue weighted by Crippen LogP contribution is 2.07. The Hall–Kier alpha value is -1.40. The van der Waals surface area contributed by atoms with E-state index < -0.39 is 16.0 Å². The van der Waals surface area contributed by atoms with Gasteiger partial charge in [0.2, 0.25) is 10.0 Å². The first-order valence-corrected chi connectivity index (χ1v) is 5.43. The van der Waals surface area contributed by atoms with Gasteiger partial charge in [-0.3, -0.25) is 0 Å². The van der Waals surface area contributed by atoms with Gasteiger partial charge in [-0.05, 0) is 17.7 Å². The number of carboxylic acid groups (broad SMARTS) is 1. The molecule has 3 N–H and O–H groups in total. The number of benzene rings is 1. The lowest BCUT2D eigenvalue weighted by atomic mass is 10.1. The summed E-state index contributed by atoms with van der Waals surface area (Å²) in [5, 5.41) is 13.4. The minimum atomic E-state index is -3.61. The van der Waals surface area contributed by atoms with Gasteiger partial charge in [-0.15, -0.1) is 0 Å². The maximum absolute atomic E-state index is 10.7. The van der Waals surface area contributed by atoms with Crippen molar-refractivity contribution in [3.05, 3.63) is 35.4 Å². The third-order valence-electron chi connectivity index (χ3n) is 1.54. The first-order chi connectivity index (χ1) is 6.38. The monoisotopic (exact) mass is 215 g/mol. The molecular formula is C8H9NO4S. The van der Waals surface area contributed by atoms with E-state index in [1.54, 1.807) is 0 Å². The van der Waals surface area contributed by atoms with E-state index in [1.807, 2.05) is 0 Å². The lowest BCUT2D eigenvalue weighted by Crippen LogP contribution is -2.14. The van der Waals surface area contributed by atoms with Crippen molar-refractivity contribution in [3.8, 4) is 0 Å². The average molecular weight is 215 g/mol. The summed E-state index contributed by atoms with van der Waals surface area (Å²) in [4.78, 5) is 10.5. The molecule has 5 nitrogen and oxygen atoms in total. The molecule has 0 aliphatic rings. The van der Waals surface area contributed by atoms with Crippen molar-refractivity contribution in [2.45, 2.75) is 5.75 Å². The molecule has 0 atom stereocenters. The second kappa shape index (κ2) is 3.77. The van der Waals surface area contributed by atoms with E-state index in [4.69, 9.17) is 10.2 Å². The minimum Gasteiger partial charge on any atom is -0.478 e. The molecule has 0 saturated heterocycles. The Balaban J connectivity index is 3.01. The van der Waals surface area contributed by atoms with Crippen LogP contribution in [0.3, 0.4) is 0 Å². The van der Waals surface area contributed by atoms with Crippen LogP contribution in [0.5, 0.6) is 0 Å². The van der Waals surface area contributed by atoms with Gasteiger partial charge in [0, 0.05) is 0 Å². The van der Waals surface area contributed by atoms with Crippen LogP contribution in [0.4, 0.5) is 0 Å². The van der Waals surface area contributed by atoms with Crippen LogP contribution >= 0.6 is 0 Å². The molecule has 0 aliphatic heterocycles. The van der Waals surface area contributed by atoms with Crippen LogP contribution in [0.2, 0.25) is 0 Å². The van der Waals surface area contributed by atoms with E-state index in [1.165, 1.54) is 24.3 Å². The van der Waals surface area contributed by atoms with Crippen LogP contribution < -0.4 is 5.14 Å². The van der Waals surface area contributed by atoms with Crippen LogP contribution in [0.15, 0.2) is 24.3 Å². The van der Waals surface area contributed by atoms with Crippen molar-refractivity contribution in [3.63, 3.8) is 0 Å². The van der Waals surface area contributed by atoms with Gasteiger partial charge in [0.25, 0.3) is 0 Å². The first kappa shape index (κ1) is 10.7. The summed E-state index contributed by atoms with van der Waals surface area (Å²) in [5.74, 6) is -1.45. The van der Waals surface area contributed by atoms with Gasteiger partial charge in [-0.2, -0.15) is 0 Å². The number of hydrogen-bond acceptors (Lipinski definition) is 3. The lowest BCUT2D eigenvalue weighted by molar-refractivity contribution is 0.0696. The SMILES string of the molecule is NS(=O)(=O)Cc1cccc(C(=O)O)c1. The Morgan fingerprint density at radius 1 is 1.43 bits per heavy atom. The fourth-order valence-electron chi connectivity index (χ4n) is 1.03. The number of nitrogens with two attached hydrogens (primary N) is 1. The molecule has 14 heavy (non-hydrogen) atoms. The predicted octanol–water partition coefficient (Wildman–Crippen LogP) is 0.173. The standard InChI is InChI=1S/C8H9NO4S/c9-14(12,13)5-6-2-1-3-7(4-6)8(10)11/h1-4H,5H2,(H,10,11)(H2,9,12,13). The quantitative estimate of drug-likeness (QED) is 0.751. The highest BCUT2D eigenvalue weighted by molar-refractivity contribution is 7.88. The number of rotatable bonds is 3. The second-order valence-corrected chi connectivity index (χ2v) is 4.43. The van der Waals surface area contributed by atoms with E-state index in [0.29, 0.717) is 5.56 Å². The smallest absolute Gasteiger partial charge is 0.335 e. The Kier molecular flexibility index (Phi) is 2.87. The van der Waals surface area contributed by atoms with Crippen LogP contribution in [0.1, 0.15) is 15.9 Å². The van der Waals surface area contributed by atoms with Gasteiger partial charge in [-0.25, -0.2) is 18.4 Å². The van der Waals surface area contributed by atoms with Gasteiger partial charge in [0.15, 0.2) is 0 Å². The topological polar surface area (TPSA) is 97.5 Å². The summed E-state index contributed by atoms with van der Waals surface area (Å²) < 4.78 is 21.4. The zero-order valence-electron chi connectivity index (χ0n) is 7.17. The van der Waals surface area contributed by atoms with Gasteiger partial charge >= 0.3 is 5.97 Å². The van der Waals surface area contributed by atoms with Crippen molar-refractivity contribution in [2.24, 2.45) is 5.14 Å². The number of carboxylic acids is 1. The molecule has 0 radical (unpaired) electrons. The van der Waals surface area contributed by atoms with E-state index in [0.717, 1.165) is 0 Å². The predicted molar refractivity (Wildman–Crippen MR) is 50.2 cm³/mol. The molecule has 0 unspecified atom stereocenters. The number of primary sulfonamides is 1. The third-order valence-corrected chi connectivity index (χ3v) is 2.28.